The van der Waals surface area contributed by atoms with Gasteiger partial charge in [0, 0.05) is 17.2 Å². The van der Waals surface area contributed by atoms with Gasteiger partial charge in [0.25, 0.3) is 0 Å². The lowest BCUT2D eigenvalue weighted by atomic mass is 10.3. The van der Waals surface area contributed by atoms with Crippen LogP contribution in [-0.4, -0.2) is 11.5 Å². The van der Waals surface area contributed by atoms with Crippen molar-refractivity contribution in [1.29, 1.82) is 0 Å². The van der Waals surface area contributed by atoms with Crippen LogP contribution in [0.5, 0.6) is 0 Å². The van der Waals surface area contributed by atoms with Crippen molar-refractivity contribution in [3.05, 3.63) is 34.5 Å². The second-order valence-corrected chi connectivity index (χ2v) is 3.98. The highest BCUT2D eigenvalue weighted by molar-refractivity contribution is 9.10. The monoisotopic (exact) mass is 240 g/mol. The highest BCUT2D eigenvalue weighted by Gasteiger charge is 1.97. The second kappa shape index (κ2) is 4.42. The van der Waals surface area contributed by atoms with Crippen molar-refractivity contribution in [2.24, 2.45) is 0 Å². The summed E-state index contributed by atoms with van der Waals surface area (Å²) >= 11 is 3.40. The van der Waals surface area contributed by atoms with Gasteiger partial charge in [-0.1, -0.05) is 12.2 Å². The van der Waals surface area contributed by atoms with Gasteiger partial charge >= 0.3 is 0 Å². The number of anilines is 1. The predicted molar refractivity (Wildman–Crippen MR) is 60.0 cm³/mol. The van der Waals surface area contributed by atoms with Gasteiger partial charge < -0.3 is 5.32 Å². The molecule has 1 aromatic heterocycles. The molecule has 0 fully saturated rings. The molecule has 0 unspecified atom stereocenters. The van der Waals surface area contributed by atoms with Crippen LogP contribution >= 0.6 is 15.9 Å². The topological polar surface area (TPSA) is 24.9 Å². The highest BCUT2D eigenvalue weighted by atomic mass is 79.9. The Kier molecular flexibility index (Phi) is 3.48. The predicted octanol–water partition coefficient (Wildman–Crippen LogP) is 3.14. The number of halogens is 1. The number of rotatable bonds is 3. The molecule has 0 bridgehead atoms. The van der Waals surface area contributed by atoms with E-state index in [9.17, 15) is 0 Å². The van der Waals surface area contributed by atoms with Crippen molar-refractivity contribution < 1.29 is 0 Å². The molecule has 0 atom stereocenters. The molecule has 1 rings (SSSR count). The molecular weight excluding hydrogens is 228 g/mol. The molecular formula is C10H13BrN2. The number of nitrogens with zero attached hydrogens (tertiary/aromatic N) is 1. The third kappa shape index (κ3) is 3.19. The molecule has 3 heteroatoms. The third-order valence-electron chi connectivity index (χ3n) is 1.62. The van der Waals surface area contributed by atoms with Crippen LogP contribution in [0, 0.1) is 6.92 Å². The zero-order chi connectivity index (χ0) is 9.84. The maximum atomic E-state index is 4.21. The Labute approximate surface area is 87.2 Å². The lowest BCUT2D eigenvalue weighted by molar-refractivity contribution is 1.15. The number of aryl methyl sites for hydroxylation is 1. The van der Waals surface area contributed by atoms with E-state index in [0.717, 1.165) is 22.4 Å². The molecule has 2 nitrogen and oxygen atoms in total. The van der Waals surface area contributed by atoms with E-state index in [-0.39, 0.29) is 0 Å². The first-order valence-electron chi connectivity index (χ1n) is 4.10. The highest BCUT2D eigenvalue weighted by Crippen LogP contribution is 2.17. The Morgan fingerprint density at radius 1 is 1.69 bits per heavy atom. The van der Waals surface area contributed by atoms with E-state index in [1.165, 1.54) is 5.56 Å². The van der Waals surface area contributed by atoms with Crippen LogP contribution in [0.25, 0.3) is 0 Å². The number of hydrogen-bond acceptors (Lipinski definition) is 2. The molecule has 0 radical (unpaired) electrons. The summed E-state index contributed by atoms with van der Waals surface area (Å²) < 4.78 is 1.04. The number of nitrogens with one attached hydrogen (secondary N) is 1. The van der Waals surface area contributed by atoms with E-state index < -0.39 is 0 Å². The van der Waals surface area contributed by atoms with Gasteiger partial charge in [0.1, 0.15) is 5.82 Å². The van der Waals surface area contributed by atoms with Crippen molar-refractivity contribution in [2.75, 3.05) is 11.9 Å². The molecule has 13 heavy (non-hydrogen) atoms. The summed E-state index contributed by atoms with van der Waals surface area (Å²) in [6.45, 7) is 8.61. The van der Waals surface area contributed by atoms with Crippen LogP contribution < -0.4 is 5.32 Å². The van der Waals surface area contributed by atoms with Crippen LogP contribution in [-0.2, 0) is 0 Å². The van der Waals surface area contributed by atoms with Crippen LogP contribution in [0.2, 0.25) is 0 Å². The van der Waals surface area contributed by atoms with E-state index in [1.54, 1.807) is 6.20 Å². The fourth-order valence-electron chi connectivity index (χ4n) is 0.877. The van der Waals surface area contributed by atoms with E-state index in [4.69, 9.17) is 0 Å². The van der Waals surface area contributed by atoms with Crippen molar-refractivity contribution in [3.63, 3.8) is 0 Å². The molecule has 0 aromatic carbocycles. The normalized spacial score (nSPS) is 9.77. The van der Waals surface area contributed by atoms with E-state index in [1.807, 2.05) is 19.9 Å². The first kappa shape index (κ1) is 10.3. The summed E-state index contributed by atoms with van der Waals surface area (Å²) in [7, 11) is 0. The van der Waals surface area contributed by atoms with Crippen molar-refractivity contribution in [3.8, 4) is 0 Å². The van der Waals surface area contributed by atoms with Crippen molar-refractivity contribution in [1.82, 2.24) is 4.98 Å². The van der Waals surface area contributed by atoms with Gasteiger partial charge in [0.15, 0.2) is 0 Å². The minimum Gasteiger partial charge on any atom is -0.366 e. The van der Waals surface area contributed by atoms with Crippen LogP contribution in [0.1, 0.15) is 12.5 Å². The summed E-state index contributed by atoms with van der Waals surface area (Å²) in [5, 5.41) is 3.18. The third-order valence-corrected chi connectivity index (χ3v) is 2.45. The first-order chi connectivity index (χ1) is 6.09. The smallest absolute Gasteiger partial charge is 0.126 e. The molecule has 0 aliphatic carbocycles. The average Bonchev–Trinajstić information content (AvgIpc) is 2.07. The minimum absolute atomic E-state index is 0.772. The molecule has 0 spiro atoms. The molecule has 1 N–H and O–H groups in total. The maximum absolute atomic E-state index is 4.21. The van der Waals surface area contributed by atoms with E-state index in [0.29, 0.717) is 0 Å². The minimum atomic E-state index is 0.772. The van der Waals surface area contributed by atoms with Crippen LogP contribution in [0.3, 0.4) is 0 Å². The molecule has 0 saturated carbocycles. The van der Waals surface area contributed by atoms with Crippen molar-refractivity contribution >= 4 is 21.7 Å². The molecule has 1 aromatic rings. The van der Waals surface area contributed by atoms with Gasteiger partial charge in [-0.15, -0.1) is 0 Å². The molecule has 0 amide bonds. The summed E-state index contributed by atoms with van der Waals surface area (Å²) in [5.41, 5.74) is 2.28. The Balaban J connectivity index is 2.68. The lowest BCUT2D eigenvalue weighted by Crippen LogP contribution is -2.03. The van der Waals surface area contributed by atoms with Gasteiger partial charge in [-0.05, 0) is 41.4 Å². The van der Waals surface area contributed by atoms with Crippen LogP contribution in [0.15, 0.2) is 28.9 Å². The second-order valence-electron chi connectivity index (χ2n) is 3.13. The summed E-state index contributed by atoms with van der Waals surface area (Å²) in [4.78, 5) is 4.21. The van der Waals surface area contributed by atoms with Crippen LogP contribution in [0.4, 0.5) is 5.82 Å². The van der Waals surface area contributed by atoms with Gasteiger partial charge in [-0.3, -0.25) is 0 Å². The van der Waals surface area contributed by atoms with Crippen molar-refractivity contribution in [2.45, 2.75) is 13.8 Å². The SMILES string of the molecule is C=C(C)CNc1cc(C)c(Br)cn1. The molecule has 0 saturated heterocycles. The van der Waals surface area contributed by atoms with Gasteiger partial charge in [0.2, 0.25) is 0 Å². The first-order valence-corrected chi connectivity index (χ1v) is 4.89. The Hall–Kier alpha value is -0.830. The Morgan fingerprint density at radius 2 is 2.38 bits per heavy atom. The number of pyridine rings is 1. The van der Waals surface area contributed by atoms with Gasteiger partial charge in [0.05, 0.1) is 0 Å². The number of aromatic nitrogens is 1. The Morgan fingerprint density at radius 3 is 2.92 bits per heavy atom. The van der Waals surface area contributed by atoms with Gasteiger partial charge in [-0.2, -0.15) is 0 Å². The largest absolute Gasteiger partial charge is 0.366 e. The summed E-state index contributed by atoms with van der Waals surface area (Å²) in [6.07, 6.45) is 1.80. The lowest BCUT2D eigenvalue weighted by Gasteiger charge is -2.06. The number of hydrogen-bond donors (Lipinski definition) is 1. The average molecular weight is 241 g/mol. The van der Waals surface area contributed by atoms with Gasteiger partial charge in [-0.25, -0.2) is 4.98 Å². The fourth-order valence-corrected chi connectivity index (χ4v) is 1.09. The standard InChI is InChI=1S/C10H13BrN2/c1-7(2)5-12-10-4-8(3)9(11)6-13-10/h4,6H,1,5H2,2-3H3,(H,12,13). The zero-order valence-corrected chi connectivity index (χ0v) is 9.48. The van der Waals surface area contributed by atoms with E-state index in [2.05, 4.69) is 32.8 Å². The zero-order valence-electron chi connectivity index (χ0n) is 7.89. The summed E-state index contributed by atoms with van der Waals surface area (Å²) in [6, 6.07) is 2.01. The van der Waals surface area contributed by atoms with E-state index >= 15 is 0 Å². The Bertz CT molecular complexity index is 321. The quantitative estimate of drug-likeness (QED) is 0.822. The summed E-state index contributed by atoms with van der Waals surface area (Å²) in [5.74, 6) is 0.892. The molecule has 70 valence electrons. The molecule has 1 heterocycles. The molecule has 0 aliphatic rings. The fraction of sp³-hybridized carbons (Fsp3) is 0.300. The molecule has 0 aliphatic heterocycles. The maximum Gasteiger partial charge on any atom is 0.126 e.